The van der Waals surface area contributed by atoms with Gasteiger partial charge in [-0.25, -0.2) is 0 Å². The minimum absolute atomic E-state index is 0.000918. The molecule has 1 heterocycles. The number of hydrogen-bond donors (Lipinski definition) is 1. The van der Waals surface area contributed by atoms with Crippen molar-refractivity contribution in [3.8, 4) is 0 Å². The van der Waals surface area contributed by atoms with Gasteiger partial charge in [0.1, 0.15) is 12.2 Å². The first kappa shape index (κ1) is 48.5. The van der Waals surface area contributed by atoms with Crippen molar-refractivity contribution in [3.05, 3.63) is 0 Å². The number of aliphatic carboxylic acids is 2. The summed E-state index contributed by atoms with van der Waals surface area (Å²) in [5.74, 6) is -10.9. The van der Waals surface area contributed by atoms with Gasteiger partial charge in [0, 0.05) is 30.9 Å². The maximum absolute atomic E-state index is 13.7. The Kier molecular flexibility index (Phi) is 24.4. The molecule has 54 heavy (non-hydrogen) atoms. The van der Waals surface area contributed by atoms with Crippen LogP contribution in [0.2, 0.25) is 0 Å². The van der Waals surface area contributed by atoms with E-state index >= 15 is 0 Å². The van der Waals surface area contributed by atoms with E-state index in [4.69, 9.17) is 14.2 Å². The molecule has 310 valence electrons. The second-order valence-corrected chi connectivity index (χ2v) is 15.5. The number of nitrogens with zero attached hydrogens (tertiary/aromatic N) is 1. The number of ether oxygens (including phenoxy) is 3. The third-order valence-corrected chi connectivity index (χ3v) is 10.2. The molecule has 0 aromatic heterocycles. The number of rotatable bonds is 31. The van der Waals surface area contributed by atoms with Crippen LogP contribution in [0.3, 0.4) is 0 Å². The van der Waals surface area contributed by atoms with Gasteiger partial charge in [0.05, 0.1) is 37.6 Å². The van der Waals surface area contributed by atoms with Crippen molar-refractivity contribution in [2.45, 2.75) is 157 Å². The number of carboxylic acids is 2. The molecule has 0 aromatic rings. The Hall–Kier alpha value is -3.51. The second kappa shape index (κ2) is 27.1. The van der Waals surface area contributed by atoms with Crippen molar-refractivity contribution < 1.29 is 58.0 Å². The molecule has 13 nitrogen and oxygen atoms in total. The summed E-state index contributed by atoms with van der Waals surface area (Å²) in [6.07, 6.45) is 9.55. The van der Waals surface area contributed by atoms with Crippen molar-refractivity contribution in [1.29, 1.82) is 0 Å². The second-order valence-electron chi connectivity index (χ2n) is 15.5. The van der Waals surface area contributed by atoms with Crippen LogP contribution in [0, 0.1) is 35.5 Å². The minimum Gasteiger partial charge on any atom is -0.550 e. The highest BCUT2D eigenvalue weighted by atomic mass is 16.5. The molecule has 0 bridgehead atoms. The standard InChI is InChI=1S/C41H69NO12/c1-7-9-10-11-12-15-21-52-40(50)29(5)23-32(41(51)53-22-16-13-14-18-28(3)4)25-31(27-54-36(45)24-30(6)43)26-33(38(46)47)37(39(48)49)34(8-2)42-20-17-19-35(42)44/h28-29,31-34,37H,7-27H2,1-6H3,(H,46,47)(H,48,49)/p-1. The molecule has 0 aromatic carbocycles. The fourth-order valence-electron chi connectivity index (χ4n) is 7.27. The number of Topliss-reactive ketones (excluding diaryl/α,β-unsaturated/α-hetero) is 1. The van der Waals surface area contributed by atoms with Gasteiger partial charge >= 0.3 is 23.9 Å². The summed E-state index contributed by atoms with van der Waals surface area (Å²) in [7, 11) is 0. The van der Waals surface area contributed by atoms with Gasteiger partial charge in [-0.1, -0.05) is 86.0 Å². The smallest absolute Gasteiger partial charge is 0.313 e. The van der Waals surface area contributed by atoms with E-state index in [1.807, 2.05) is 0 Å². The first-order valence-electron chi connectivity index (χ1n) is 20.3. The number of esters is 3. The molecule has 1 aliphatic heterocycles. The third kappa shape index (κ3) is 19.2. The average molecular weight is 767 g/mol. The Bertz CT molecular complexity index is 1190. The molecule has 0 aliphatic carbocycles. The molecule has 13 heteroatoms. The van der Waals surface area contributed by atoms with E-state index in [2.05, 4.69) is 20.8 Å². The van der Waals surface area contributed by atoms with Gasteiger partial charge in [-0.15, -0.1) is 0 Å². The predicted octanol–water partition coefficient (Wildman–Crippen LogP) is 5.68. The van der Waals surface area contributed by atoms with E-state index in [9.17, 15) is 43.8 Å². The lowest BCUT2D eigenvalue weighted by Gasteiger charge is -2.38. The average Bonchev–Trinajstić information content (AvgIpc) is 3.53. The Labute approximate surface area is 322 Å². The lowest BCUT2D eigenvalue weighted by molar-refractivity contribution is -0.315. The fraction of sp³-hybridized carbons (Fsp3) is 0.829. The highest BCUT2D eigenvalue weighted by Crippen LogP contribution is 2.34. The van der Waals surface area contributed by atoms with Crippen LogP contribution in [0.25, 0.3) is 0 Å². The predicted molar refractivity (Wildman–Crippen MR) is 200 cm³/mol. The molecule has 1 saturated heterocycles. The summed E-state index contributed by atoms with van der Waals surface area (Å²) in [6.45, 7) is 11.2. The zero-order valence-electron chi connectivity index (χ0n) is 33.8. The van der Waals surface area contributed by atoms with Crippen LogP contribution in [0.1, 0.15) is 151 Å². The number of likely N-dealkylation sites (tertiary alicyclic amines) is 1. The third-order valence-electron chi connectivity index (χ3n) is 10.2. The maximum atomic E-state index is 13.7. The van der Waals surface area contributed by atoms with Gasteiger partial charge in [0.25, 0.3) is 0 Å². The topological polar surface area (TPSA) is 194 Å². The van der Waals surface area contributed by atoms with Crippen molar-refractivity contribution in [2.24, 2.45) is 35.5 Å². The molecule has 0 radical (unpaired) electrons. The normalized spacial score (nSPS) is 16.3. The molecule has 6 unspecified atom stereocenters. The van der Waals surface area contributed by atoms with E-state index in [-0.39, 0.29) is 57.8 Å². The van der Waals surface area contributed by atoms with E-state index in [0.717, 1.165) is 57.8 Å². The lowest BCUT2D eigenvalue weighted by atomic mass is 9.76. The van der Waals surface area contributed by atoms with Crippen LogP contribution in [0.15, 0.2) is 0 Å². The summed E-state index contributed by atoms with van der Waals surface area (Å²) in [6, 6.07) is -0.954. The van der Waals surface area contributed by atoms with E-state index in [1.165, 1.54) is 11.8 Å². The van der Waals surface area contributed by atoms with Crippen molar-refractivity contribution >= 4 is 41.5 Å². The number of hydrogen-bond acceptors (Lipinski definition) is 11. The molecule has 1 rings (SSSR count). The molecule has 1 fully saturated rings. The number of ketones is 1. The Balaban J connectivity index is 3.35. The van der Waals surface area contributed by atoms with Gasteiger partial charge in [-0.3, -0.25) is 28.8 Å². The molecule has 1 N–H and O–H groups in total. The zero-order chi connectivity index (χ0) is 40.6. The van der Waals surface area contributed by atoms with Gasteiger partial charge in [-0.2, -0.15) is 0 Å². The molecular weight excluding hydrogens is 698 g/mol. The Morgan fingerprint density at radius 1 is 0.815 bits per heavy atom. The summed E-state index contributed by atoms with van der Waals surface area (Å²) < 4.78 is 16.6. The fourth-order valence-corrected chi connectivity index (χ4v) is 7.27. The van der Waals surface area contributed by atoms with Crippen LogP contribution in [-0.4, -0.2) is 84.0 Å². The van der Waals surface area contributed by atoms with Crippen molar-refractivity contribution in [1.82, 2.24) is 4.90 Å². The molecule has 0 spiro atoms. The lowest BCUT2D eigenvalue weighted by Crippen LogP contribution is -2.53. The Morgan fingerprint density at radius 2 is 1.43 bits per heavy atom. The van der Waals surface area contributed by atoms with Crippen molar-refractivity contribution in [2.75, 3.05) is 26.4 Å². The largest absolute Gasteiger partial charge is 0.550 e. The van der Waals surface area contributed by atoms with Crippen LogP contribution < -0.4 is 5.11 Å². The summed E-state index contributed by atoms with van der Waals surface area (Å²) in [5, 5.41) is 23.1. The molecule has 0 saturated carbocycles. The zero-order valence-corrected chi connectivity index (χ0v) is 33.8. The Morgan fingerprint density at radius 3 is 1.96 bits per heavy atom. The highest BCUT2D eigenvalue weighted by Gasteiger charge is 2.42. The highest BCUT2D eigenvalue weighted by molar-refractivity contribution is 5.94. The maximum Gasteiger partial charge on any atom is 0.313 e. The molecular formula is C41H68NO12-. The van der Waals surface area contributed by atoms with Gasteiger partial charge in [-0.05, 0) is 63.7 Å². The van der Waals surface area contributed by atoms with Gasteiger partial charge in [0.2, 0.25) is 5.91 Å². The number of carbonyl (C=O) groups excluding carboxylic acids is 6. The van der Waals surface area contributed by atoms with E-state index < -0.39 is 84.3 Å². The summed E-state index contributed by atoms with van der Waals surface area (Å²) in [4.78, 5) is 90.4. The number of amides is 1. The first-order valence-corrected chi connectivity index (χ1v) is 20.3. The minimum atomic E-state index is -1.63. The number of carbonyl (C=O) groups is 7. The van der Waals surface area contributed by atoms with E-state index in [0.29, 0.717) is 18.8 Å². The monoisotopic (exact) mass is 766 g/mol. The first-order chi connectivity index (χ1) is 25.6. The molecule has 1 amide bonds. The SMILES string of the molecule is CCCCCCCCOC(=O)C(C)CC(CC(COC(=O)CC(C)=O)CC(C(=O)O)C(C(=O)[O-])C(CC)N1CCCC1=O)C(=O)OCCCCCC(C)C. The van der Waals surface area contributed by atoms with Crippen LogP contribution in [0.4, 0.5) is 0 Å². The van der Waals surface area contributed by atoms with Gasteiger partial charge < -0.3 is 34.1 Å². The van der Waals surface area contributed by atoms with Gasteiger partial charge in [0.15, 0.2) is 0 Å². The van der Waals surface area contributed by atoms with Crippen molar-refractivity contribution in [3.63, 3.8) is 0 Å². The summed E-state index contributed by atoms with van der Waals surface area (Å²) >= 11 is 0. The molecule has 6 atom stereocenters. The van der Waals surface area contributed by atoms with Crippen LogP contribution in [0.5, 0.6) is 0 Å². The quantitative estimate of drug-likeness (QED) is 0.0393. The number of carboxylic acid groups (broad SMARTS) is 2. The van der Waals surface area contributed by atoms with Crippen LogP contribution in [-0.2, 0) is 47.8 Å². The van der Waals surface area contributed by atoms with Crippen LogP contribution >= 0.6 is 0 Å². The van der Waals surface area contributed by atoms with E-state index in [1.54, 1.807) is 13.8 Å². The molecule has 1 aliphatic rings. The number of unbranched alkanes of at least 4 members (excludes halogenated alkanes) is 7. The summed E-state index contributed by atoms with van der Waals surface area (Å²) in [5.41, 5.74) is 0.